The summed E-state index contributed by atoms with van der Waals surface area (Å²) in [6, 6.07) is 17.8. The van der Waals surface area contributed by atoms with Gasteiger partial charge in [0.15, 0.2) is 18.1 Å². The first kappa shape index (κ1) is 27.8. The number of aryl methyl sites for hydroxylation is 1. The van der Waals surface area contributed by atoms with E-state index in [0.29, 0.717) is 30.9 Å². The summed E-state index contributed by atoms with van der Waals surface area (Å²) in [6.07, 6.45) is 6.89. The highest BCUT2D eigenvalue weighted by atomic mass is 16.7. The van der Waals surface area contributed by atoms with Gasteiger partial charge in [0.25, 0.3) is 5.91 Å². The number of rotatable bonds is 12. The molecule has 2 aliphatic heterocycles. The van der Waals surface area contributed by atoms with Gasteiger partial charge in [-0.25, -0.2) is 4.98 Å². The van der Waals surface area contributed by atoms with Crippen LogP contribution in [0.25, 0.3) is 11.1 Å². The fourth-order valence-corrected chi connectivity index (χ4v) is 5.18. The average molecular weight is 546 g/mol. The van der Waals surface area contributed by atoms with Crippen LogP contribution < -0.4 is 18.9 Å². The van der Waals surface area contributed by atoms with Gasteiger partial charge < -0.3 is 28.7 Å². The van der Waals surface area contributed by atoms with E-state index in [1.807, 2.05) is 61.5 Å². The number of likely N-dealkylation sites (tertiary alicyclic amines) is 1. The van der Waals surface area contributed by atoms with Gasteiger partial charge in [-0.05, 0) is 81.9 Å². The second kappa shape index (κ2) is 13.5. The number of carbonyl (C=O) groups is 1. The molecule has 3 heterocycles. The van der Waals surface area contributed by atoms with E-state index in [-0.39, 0.29) is 12.5 Å². The highest BCUT2D eigenvalue weighted by molar-refractivity contribution is 5.78. The lowest BCUT2D eigenvalue weighted by molar-refractivity contribution is -0.134. The van der Waals surface area contributed by atoms with Crippen molar-refractivity contribution < 1.29 is 23.7 Å². The van der Waals surface area contributed by atoms with Gasteiger partial charge in [0.2, 0.25) is 12.7 Å². The third kappa shape index (κ3) is 7.45. The van der Waals surface area contributed by atoms with Gasteiger partial charge >= 0.3 is 0 Å². The third-order valence-corrected chi connectivity index (χ3v) is 7.53. The number of hydrogen-bond acceptors (Lipinski definition) is 7. The molecule has 0 aliphatic carbocycles. The van der Waals surface area contributed by atoms with Crippen LogP contribution in [0.5, 0.6) is 23.1 Å². The van der Waals surface area contributed by atoms with Gasteiger partial charge in [-0.3, -0.25) is 4.79 Å². The SMILES string of the molecule is CN(C)CCCOc1ccc(-c2ccccc2OCC(=O)N2CCC(CCc3ccc4c(c3)OCO4)CC2)cn1. The average Bonchev–Trinajstić information content (AvgIpc) is 3.46. The van der Waals surface area contributed by atoms with Crippen molar-refractivity contribution in [3.8, 4) is 34.3 Å². The molecule has 5 rings (SSSR count). The monoisotopic (exact) mass is 545 g/mol. The number of benzene rings is 2. The molecule has 0 spiro atoms. The van der Waals surface area contributed by atoms with Crippen molar-refractivity contribution >= 4 is 5.91 Å². The standard InChI is InChI=1S/C32H39N3O5/c1-34(2)16-5-19-37-31-13-11-26(21-33-31)27-6-3-4-7-28(27)38-22-32(36)35-17-14-24(15-18-35)8-9-25-10-12-29-30(20-25)40-23-39-29/h3-4,6-7,10-13,20-21,24H,5,8-9,14-19,22-23H2,1-2H3. The van der Waals surface area contributed by atoms with Crippen LogP contribution in [-0.2, 0) is 11.2 Å². The van der Waals surface area contributed by atoms with E-state index in [1.54, 1.807) is 6.20 Å². The van der Waals surface area contributed by atoms with Crippen LogP contribution in [0.1, 0.15) is 31.2 Å². The topological polar surface area (TPSA) is 73.4 Å². The van der Waals surface area contributed by atoms with Gasteiger partial charge in [0.05, 0.1) is 6.61 Å². The molecule has 2 aromatic carbocycles. The summed E-state index contributed by atoms with van der Waals surface area (Å²) in [7, 11) is 4.10. The Balaban J connectivity index is 1.07. The molecule has 0 bridgehead atoms. The summed E-state index contributed by atoms with van der Waals surface area (Å²) >= 11 is 0. The van der Waals surface area contributed by atoms with Gasteiger partial charge in [-0.15, -0.1) is 0 Å². The zero-order valence-electron chi connectivity index (χ0n) is 23.5. The number of pyridine rings is 1. The number of para-hydroxylation sites is 1. The summed E-state index contributed by atoms with van der Waals surface area (Å²) in [5.74, 6) is 3.60. The summed E-state index contributed by atoms with van der Waals surface area (Å²) in [6.45, 7) is 3.48. The third-order valence-electron chi connectivity index (χ3n) is 7.53. The number of amides is 1. The molecule has 212 valence electrons. The summed E-state index contributed by atoms with van der Waals surface area (Å²) < 4.78 is 22.7. The normalized spacial score (nSPS) is 14.9. The van der Waals surface area contributed by atoms with Gasteiger partial charge in [-0.1, -0.05) is 24.3 Å². The number of nitrogens with zero attached hydrogens (tertiary/aromatic N) is 3. The molecule has 8 heteroatoms. The maximum Gasteiger partial charge on any atom is 0.260 e. The Morgan fingerprint density at radius 3 is 2.65 bits per heavy atom. The Morgan fingerprint density at radius 2 is 1.85 bits per heavy atom. The van der Waals surface area contributed by atoms with Gasteiger partial charge in [-0.2, -0.15) is 0 Å². The van der Waals surface area contributed by atoms with E-state index in [9.17, 15) is 4.79 Å². The second-order valence-electron chi connectivity index (χ2n) is 10.7. The summed E-state index contributed by atoms with van der Waals surface area (Å²) in [4.78, 5) is 21.5. The Labute approximate surface area is 236 Å². The lowest BCUT2D eigenvalue weighted by Gasteiger charge is -2.32. The van der Waals surface area contributed by atoms with E-state index in [0.717, 1.165) is 74.4 Å². The molecule has 3 aromatic rings. The molecule has 0 atom stereocenters. The largest absolute Gasteiger partial charge is 0.483 e. The second-order valence-corrected chi connectivity index (χ2v) is 10.7. The first-order valence-corrected chi connectivity index (χ1v) is 14.2. The van der Waals surface area contributed by atoms with Crippen LogP contribution in [0.15, 0.2) is 60.8 Å². The number of fused-ring (bicyclic) bond motifs is 1. The molecule has 1 fully saturated rings. The van der Waals surface area contributed by atoms with Crippen molar-refractivity contribution in [3.63, 3.8) is 0 Å². The van der Waals surface area contributed by atoms with Crippen molar-refractivity contribution in [1.29, 1.82) is 0 Å². The number of hydrogen-bond donors (Lipinski definition) is 0. The van der Waals surface area contributed by atoms with E-state index >= 15 is 0 Å². The molecular formula is C32H39N3O5. The van der Waals surface area contributed by atoms with E-state index in [2.05, 4.69) is 22.0 Å². The van der Waals surface area contributed by atoms with Gasteiger partial charge in [0.1, 0.15) is 5.75 Å². The van der Waals surface area contributed by atoms with Crippen LogP contribution in [0, 0.1) is 5.92 Å². The Kier molecular flexibility index (Phi) is 9.39. The molecule has 40 heavy (non-hydrogen) atoms. The molecule has 8 nitrogen and oxygen atoms in total. The zero-order valence-corrected chi connectivity index (χ0v) is 23.5. The van der Waals surface area contributed by atoms with Crippen LogP contribution in [0.2, 0.25) is 0 Å². The minimum atomic E-state index is 0.0272. The highest BCUT2D eigenvalue weighted by Crippen LogP contribution is 2.34. The number of piperidine rings is 1. The molecule has 0 N–H and O–H groups in total. The maximum absolute atomic E-state index is 13.0. The maximum atomic E-state index is 13.0. The molecule has 0 radical (unpaired) electrons. The lowest BCUT2D eigenvalue weighted by Crippen LogP contribution is -2.41. The Hall–Kier alpha value is -3.78. The number of carbonyl (C=O) groups excluding carboxylic acids is 1. The fourth-order valence-electron chi connectivity index (χ4n) is 5.18. The van der Waals surface area contributed by atoms with Crippen molar-refractivity contribution in [2.45, 2.75) is 32.1 Å². The summed E-state index contributed by atoms with van der Waals surface area (Å²) in [5, 5.41) is 0. The predicted molar refractivity (Wildman–Crippen MR) is 154 cm³/mol. The van der Waals surface area contributed by atoms with E-state index in [4.69, 9.17) is 18.9 Å². The van der Waals surface area contributed by atoms with Gasteiger partial charge in [0, 0.05) is 43.0 Å². The molecule has 2 aliphatic rings. The van der Waals surface area contributed by atoms with Crippen molar-refractivity contribution in [3.05, 3.63) is 66.4 Å². The van der Waals surface area contributed by atoms with Crippen molar-refractivity contribution in [1.82, 2.24) is 14.8 Å². The first-order valence-electron chi connectivity index (χ1n) is 14.2. The molecule has 1 aromatic heterocycles. The Bertz CT molecular complexity index is 1260. The van der Waals surface area contributed by atoms with Crippen molar-refractivity contribution in [2.75, 3.05) is 53.7 Å². The lowest BCUT2D eigenvalue weighted by atomic mass is 9.90. The van der Waals surface area contributed by atoms with Crippen LogP contribution in [0.4, 0.5) is 0 Å². The Morgan fingerprint density at radius 1 is 1.02 bits per heavy atom. The van der Waals surface area contributed by atoms with Crippen molar-refractivity contribution in [2.24, 2.45) is 5.92 Å². The molecule has 0 saturated carbocycles. The molecule has 1 amide bonds. The predicted octanol–water partition coefficient (Wildman–Crippen LogP) is 5.06. The van der Waals surface area contributed by atoms with Crippen LogP contribution >= 0.6 is 0 Å². The van der Waals surface area contributed by atoms with Crippen LogP contribution in [0.3, 0.4) is 0 Å². The van der Waals surface area contributed by atoms with Crippen LogP contribution in [-0.4, -0.2) is 74.4 Å². The number of ether oxygens (including phenoxy) is 4. The molecule has 0 unspecified atom stereocenters. The number of aromatic nitrogens is 1. The van der Waals surface area contributed by atoms with E-state index < -0.39 is 0 Å². The fraction of sp³-hybridized carbons (Fsp3) is 0.438. The molecule has 1 saturated heterocycles. The quantitative estimate of drug-likeness (QED) is 0.295. The minimum absolute atomic E-state index is 0.0272. The molecular weight excluding hydrogens is 506 g/mol. The smallest absolute Gasteiger partial charge is 0.260 e. The van der Waals surface area contributed by atoms with E-state index in [1.165, 1.54) is 5.56 Å². The first-order chi connectivity index (χ1) is 19.5. The minimum Gasteiger partial charge on any atom is -0.483 e. The summed E-state index contributed by atoms with van der Waals surface area (Å²) in [5.41, 5.74) is 3.10. The zero-order chi connectivity index (χ0) is 27.7. The highest BCUT2D eigenvalue weighted by Gasteiger charge is 2.23.